The van der Waals surface area contributed by atoms with Gasteiger partial charge in [-0.05, 0) is 0 Å². The Hall–Kier alpha value is 0.293. The van der Waals surface area contributed by atoms with Gasteiger partial charge in [0.25, 0.3) is 0 Å². The minimum atomic E-state index is -1.85. The summed E-state index contributed by atoms with van der Waals surface area (Å²) in [5.41, 5.74) is 6.05. The topological polar surface area (TPSA) is 0 Å². The van der Waals surface area contributed by atoms with E-state index >= 15 is 0 Å². The molecule has 0 nitrogen and oxygen atoms in total. The average molecular weight is 393 g/mol. The maximum atomic E-state index is 4.69. The zero-order valence-corrected chi connectivity index (χ0v) is 17.4. The van der Waals surface area contributed by atoms with Crippen LogP contribution < -0.4 is 0 Å². The Balaban J connectivity index is 0.00000180. The Morgan fingerprint density at radius 2 is 1.10 bits per heavy atom. The molecule has 112 valence electrons. The predicted molar refractivity (Wildman–Crippen MR) is 92.9 cm³/mol. The van der Waals surface area contributed by atoms with Gasteiger partial charge in [0.1, 0.15) is 0 Å². The van der Waals surface area contributed by atoms with Crippen LogP contribution in [0.1, 0.15) is 41.5 Å². The molecule has 3 heteroatoms. The molecule has 0 amide bonds. The zero-order valence-electron chi connectivity index (χ0n) is 13.3. The van der Waals surface area contributed by atoms with E-state index in [4.69, 9.17) is 0 Å². The molecule has 0 aromatic rings. The molecule has 0 spiro atoms. The Labute approximate surface area is 144 Å². The van der Waals surface area contributed by atoms with E-state index in [0.29, 0.717) is 11.8 Å². The van der Waals surface area contributed by atoms with E-state index in [1.807, 2.05) is 0 Å². The molecular formula is C17H26Cl2Zr. The van der Waals surface area contributed by atoms with Crippen molar-refractivity contribution < 1.29 is 21.3 Å². The molecule has 0 aromatic heterocycles. The van der Waals surface area contributed by atoms with Crippen LogP contribution in [0.15, 0.2) is 41.0 Å². The summed E-state index contributed by atoms with van der Waals surface area (Å²) in [6.07, 6.45) is 4.85. The molecule has 0 saturated carbocycles. The molecule has 0 N–H and O–H groups in total. The van der Waals surface area contributed by atoms with Crippen LogP contribution in [-0.4, -0.2) is 4.21 Å². The first-order valence-electron chi connectivity index (χ1n) is 6.83. The van der Waals surface area contributed by atoms with Gasteiger partial charge in [-0.1, -0.05) is 0 Å². The molecule has 2 unspecified atom stereocenters. The standard InChI is InChI=1S/2C8H11.CH2.2ClH.Zr/c2*1-6-4-7(2)8(3)5-6;;;;/h2*4,6H,1-3H3;1H2;2*1H;. The van der Waals surface area contributed by atoms with E-state index in [1.165, 1.54) is 11.1 Å². The molecule has 0 heterocycles. The van der Waals surface area contributed by atoms with Crippen LogP contribution in [0.25, 0.3) is 0 Å². The van der Waals surface area contributed by atoms with Crippen molar-refractivity contribution in [2.45, 2.75) is 41.5 Å². The summed E-state index contributed by atoms with van der Waals surface area (Å²) >= 11 is -1.85. The van der Waals surface area contributed by atoms with Crippen LogP contribution in [-0.2, 0) is 21.3 Å². The van der Waals surface area contributed by atoms with Gasteiger partial charge in [0.2, 0.25) is 0 Å². The van der Waals surface area contributed by atoms with Gasteiger partial charge in [-0.15, -0.1) is 24.8 Å². The molecule has 2 aliphatic rings. The normalized spacial score (nSPS) is 25.1. The summed E-state index contributed by atoms with van der Waals surface area (Å²) in [7, 11) is 0. The van der Waals surface area contributed by atoms with Gasteiger partial charge >= 0.3 is 120 Å². The van der Waals surface area contributed by atoms with Crippen molar-refractivity contribution in [1.29, 1.82) is 0 Å². The molecule has 0 saturated heterocycles. The summed E-state index contributed by atoms with van der Waals surface area (Å²) in [6, 6.07) is 0. The molecule has 0 radical (unpaired) electrons. The van der Waals surface area contributed by atoms with Crippen molar-refractivity contribution in [2.24, 2.45) is 11.8 Å². The van der Waals surface area contributed by atoms with E-state index in [9.17, 15) is 0 Å². The average Bonchev–Trinajstić information content (AvgIpc) is 2.66. The number of hydrogen-bond donors (Lipinski definition) is 0. The summed E-state index contributed by atoms with van der Waals surface area (Å²) in [4.78, 5) is 0. The molecule has 2 aliphatic carbocycles. The van der Waals surface area contributed by atoms with Crippen molar-refractivity contribution >= 4 is 29.0 Å². The van der Waals surface area contributed by atoms with Crippen LogP contribution >= 0.6 is 24.8 Å². The van der Waals surface area contributed by atoms with Crippen LogP contribution in [0.4, 0.5) is 0 Å². The summed E-state index contributed by atoms with van der Waals surface area (Å²) in [6.45, 7) is 13.8. The minimum absolute atomic E-state index is 0. The molecule has 0 aliphatic heterocycles. The van der Waals surface area contributed by atoms with Crippen LogP contribution in [0.5, 0.6) is 0 Å². The Morgan fingerprint density at radius 3 is 1.30 bits per heavy atom. The quantitative estimate of drug-likeness (QED) is 0.572. The number of halogens is 2. The zero-order chi connectivity index (χ0) is 13.6. The fourth-order valence-corrected chi connectivity index (χ4v) is 10.4. The Morgan fingerprint density at radius 1 is 0.800 bits per heavy atom. The van der Waals surface area contributed by atoms with E-state index < -0.39 is 21.3 Å². The second-order valence-electron chi connectivity index (χ2n) is 5.83. The SMILES string of the molecule is Cl.Cl.[CH2]=[Zr]([C]1=C(C)C(C)=CC1C)[C]1=C(C)C(C)=CC1C. The molecule has 2 rings (SSSR count). The summed E-state index contributed by atoms with van der Waals surface area (Å²) < 4.78 is 8.13. The molecule has 2 atom stereocenters. The number of hydrogen-bond acceptors (Lipinski definition) is 0. The Kier molecular flexibility index (Phi) is 7.63. The Bertz CT molecular complexity index is 499. The molecule has 0 aromatic carbocycles. The van der Waals surface area contributed by atoms with Gasteiger partial charge in [-0.2, -0.15) is 0 Å². The monoisotopic (exact) mass is 390 g/mol. The fourth-order valence-electron chi connectivity index (χ4n) is 3.42. The third-order valence-corrected chi connectivity index (χ3v) is 11.8. The predicted octanol–water partition coefficient (Wildman–Crippen LogP) is 5.62. The van der Waals surface area contributed by atoms with Crippen LogP contribution in [0, 0.1) is 11.8 Å². The maximum absolute atomic E-state index is 4.69. The summed E-state index contributed by atoms with van der Waals surface area (Å²) in [5.74, 6) is 1.26. The van der Waals surface area contributed by atoms with E-state index in [0.717, 1.165) is 0 Å². The van der Waals surface area contributed by atoms with Crippen molar-refractivity contribution in [1.82, 2.24) is 0 Å². The fraction of sp³-hybridized carbons (Fsp3) is 0.471. The molecular weight excluding hydrogens is 366 g/mol. The molecule has 0 bridgehead atoms. The van der Waals surface area contributed by atoms with E-state index in [2.05, 4.69) is 57.9 Å². The first-order chi connectivity index (χ1) is 8.34. The first kappa shape index (κ1) is 20.3. The van der Waals surface area contributed by atoms with Crippen molar-refractivity contribution in [3.8, 4) is 0 Å². The van der Waals surface area contributed by atoms with Crippen molar-refractivity contribution in [3.05, 3.63) is 41.0 Å². The third kappa shape index (κ3) is 3.37. The van der Waals surface area contributed by atoms with E-state index in [1.54, 1.807) is 17.7 Å². The van der Waals surface area contributed by atoms with Crippen LogP contribution in [0.3, 0.4) is 0 Å². The van der Waals surface area contributed by atoms with Gasteiger partial charge in [-0.3, -0.25) is 0 Å². The van der Waals surface area contributed by atoms with Crippen molar-refractivity contribution in [2.75, 3.05) is 0 Å². The molecule has 20 heavy (non-hydrogen) atoms. The number of rotatable bonds is 2. The molecule has 0 fully saturated rings. The van der Waals surface area contributed by atoms with Gasteiger partial charge in [0, 0.05) is 0 Å². The third-order valence-electron chi connectivity index (χ3n) is 4.55. The van der Waals surface area contributed by atoms with Gasteiger partial charge < -0.3 is 0 Å². The summed E-state index contributed by atoms with van der Waals surface area (Å²) in [5, 5.41) is 0. The van der Waals surface area contributed by atoms with Gasteiger partial charge in [0.15, 0.2) is 0 Å². The second-order valence-corrected chi connectivity index (χ2v) is 10.8. The van der Waals surface area contributed by atoms with Gasteiger partial charge in [0.05, 0.1) is 0 Å². The van der Waals surface area contributed by atoms with E-state index in [-0.39, 0.29) is 24.8 Å². The van der Waals surface area contributed by atoms with Crippen molar-refractivity contribution in [3.63, 3.8) is 0 Å². The number of allylic oxidation sites excluding steroid dienone is 8. The van der Waals surface area contributed by atoms with Crippen LogP contribution in [0.2, 0.25) is 0 Å². The first-order valence-corrected chi connectivity index (χ1v) is 11.0. The van der Waals surface area contributed by atoms with Gasteiger partial charge in [-0.25, -0.2) is 0 Å². The second kappa shape index (κ2) is 7.52.